The predicted molar refractivity (Wildman–Crippen MR) is 74.6 cm³/mol. The van der Waals surface area contributed by atoms with Crippen molar-refractivity contribution in [3.63, 3.8) is 0 Å². The topological polar surface area (TPSA) is 46.5 Å². The summed E-state index contributed by atoms with van der Waals surface area (Å²) in [7, 11) is 0. The predicted octanol–water partition coefficient (Wildman–Crippen LogP) is 3.44. The Bertz CT molecular complexity index is 501. The highest BCUT2D eigenvalue weighted by Crippen LogP contribution is 2.35. The Morgan fingerprint density at radius 3 is 2.74 bits per heavy atom. The average molecular weight is 262 g/mol. The molecular formula is C16H22O3. The first-order valence-corrected chi connectivity index (χ1v) is 6.74. The summed E-state index contributed by atoms with van der Waals surface area (Å²) in [6.45, 7) is 7.67. The van der Waals surface area contributed by atoms with Crippen molar-refractivity contribution >= 4 is 5.97 Å². The smallest absolute Gasteiger partial charge is 0.309 e. The van der Waals surface area contributed by atoms with Crippen LogP contribution >= 0.6 is 0 Å². The lowest BCUT2D eigenvalue weighted by atomic mass is 9.85. The molecule has 0 bridgehead atoms. The Morgan fingerprint density at radius 2 is 2.11 bits per heavy atom. The minimum absolute atomic E-state index is 0.131. The van der Waals surface area contributed by atoms with E-state index in [0.29, 0.717) is 6.42 Å². The summed E-state index contributed by atoms with van der Waals surface area (Å²) in [5.41, 5.74) is 1.35. The first-order chi connectivity index (χ1) is 8.70. The molecule has 1 heterocycles. The first-order valence-electron chi connectivity index (χ1n) is 6.74. The molecule has 0 amide bonds. The molecule has 19 heavy (non-hydrogen) atoms. The van der Waals surface area contributed by atoms with Gasteiger partial charge in [-0.2, -0.15) is 0 Å². The highest BCUT2D eigenvalue weighted by Gasteiger charge is 2.29. The van der Waals surface area contributed by atoms with Crippen LogP contribution in [0.1, 0.15) is 45.2 Å². The molecule has 1 aliphatic heterocycles. The number of rotatable bonds is 3. The van der Waals surface area contributed by atoms with Gasteiger partial charge in [-0.25, -0.2) is 0 Å². The molecule has 0 fully saturated rings. The summed E-state index contributed by atoms with van der Waals surface area (Å²) in [5.74, 6) is 0.140. The van der Waals surface area contributed by atoms with E-state index in [4.69, 9.17) is 4.74 Å². The number of hydrogen-bond acceptors (Lipinski definition) is 2. The van der Waals surface area contributed by atoms with E-state index in [9.17, 15) is 9.90 Å². The molecule has 104 valence electrons. The van der Waals surface area contributed by atoms with Crippen molar-refractivity contribution < 1.29 is 14.6 Å². The van der Waals surface area contributed by atoms with Gasteiger partial charge in [-0.3, -0.25) is 4.79 Å². The second-order valence-electron chi connectivity index (χ2n) is 6.67. The molecule has 0 aromatic heterocycles. The van der Waals surface area contributed by atoms with Gasteiger partial charge in [-0.15, -0.1) is 0 Å². The number of hydrogen-bond donors (Lipinski definition) is 1. The highest BCUT2D eigenvalue weighted by atomic mass is 16.5. The Labute approximate surface area is 114 Å². The molecule has 1 aliphatic rings. The number of fused-ring (bicyclic) bond motifs is 1. The minimum Gasteiger partial charge on any atom is -0.488 e. The van der Waals surface area contributed by atoms with Crippen molar-refractivity contribution in [2.75, 3.05) is 0 Å². The zero-order valence-electron chi connectivity index (χ0n) is 12.1. The van der Waals surface area contributed by atoms with Crippen molar-refractivity contribution in [2.24, 2.45) is 5.41 Å². The van der Waals surface area contributed by atoms with E-state index < -0.39 is 11.4 Å². The summed E-state index contributed by atoms with van der Waals surface area (Å²) < 4.78 is 5.99. The monoisotopic (exact) mass is 262 g/mol. The molecule has 0 aliphatic carbocycles. The number of benzene rings is 1. The summed E-state index contributed by atoms with van der Waals surface area (Å²) in [6.07, 6.45) is 2.55. The second kappa shape index (κ2) is 4.55. The van der Waals surface area contributed by atoms with Crippen LogP contribution in [0.25, 0.3) is 0 Å². The van der Waals surface area contributed by atoms with Crippen LogP contribution in [0.15, 0.2) is 18.2 Å². The van der Waals surface area contributed by atoms with Crippen LogP contribution in [-0.2, 0) is 17.6 Å². The van der Waals surface area contributed by atoms with Crippen LogP contribution in [0.4, 0.5) is 0 Å². The lowest BCUT2D eigenvalue weighted by Crippen LogP contribution is -2.32. The molecule has 0 saturated heterocycles. The number of aryl methyl sites for hydroxylation is 1. The molecule has 0 unspecified atom stereocenters. The molecule has 0 atom stereocenters. The fourth-order valence-corrected chi connectivity index (χ4v) is 2.38. The van der Waals surface area contributed by atoms with Crippen LogP contribution in [0, 0.1) is 5.41 Å². The quantitative estimate of drug-likeness (QED) is 0.907. The average Bonchev–Trinajstić information content (AvgIpc) is 2.26. The molecule has 1 aromatic rings. The van der Waals surface area contributed by atoms with Crippen LogP contribution in [0.5, 0.6) is 5.75 Å². The molecular weight excluding hydrogens is 240 g/mol. The third kappa shape index (κ3) is 3.09. The molecule has 3 heteroatoms. The van der Waals surface area contributed by atoms with Gasteiger partial charge in [-0.05, 0) is 64.2 Å². The molecule has 3 nitrogen and oxygen atoms in total. The first kappa shape index (κ1) is 13.9. The molecule has 0 saturated carbocycles. The van der Waals surface area contributed by atoms with E-state index in [2.05, 4.69) is 19.9 Å². The number of carbonyl (C=O) groups is 1. The van der Waals surface area contributed by atoms with Crippen LogP contribution < -0.4 is 4.74 Å². The summed E-state index contributed by atoms with van der Waals surface area (Å²) in [5, 5.41) is 9.19. The van der Waals surface area contributed by atoms with E-state index >= 15 is 0 Å². The normalized spacial score (nSPS) is 17.5. The van der Waals surface area contributed by atoms with Crippen LogP contribution in [0.3, 0.4) is 0 Å². The van der Waals surface area contributed by atoms with E-state index in [1.807, 2.05) is 12.1 Å². The Morgan fingerprint density at radius 1 is 1.42 bits per heavy atom. The maximum absolute atomic E-state index is 11.2. The summed E-state index contributed by atoms with van der Waals surface area (Å²) in [6, 6.07) is 6.09. The number of ether oxygens (including phenoxy) is 1. The molecule has 1 N–H and O–H groups in total. The van der Waals surface area contributed by atoms with Crippen molar-refractivity contribution in [2.45, 2.75) is 52.6 Å². The third-order valence-corrected chi connectivity index (χ3v) is 3.74. The van der Waals surface area contributed by atoms with Gasteiger partial charge in [-0.1, -0.05) is 12.1 Å². The van der Waals surface area contributed by atoms with Crippen molar-refractivity contribution in [3.05, 3.63) is 29.3 Å². The molecule has 0 spiro atoms. The SMILES string of the molecule is CC1(C)CCc2ccc(CC(C)(C)C(=O)O)cc2O1. The lowest BCUT2D eigenvalue weighted by Gasteiger charge is -2.33. The zero-order valence-corrected chi connectivity index (χ0v) is 12.1. The van der Waals surface area contributed by atoms with Gasteiger partial charge >= 0.3 is 5.97 Å². The lowest BCUT2D eigenvalue weighted by molar-refractivity contribution is -0.146. The minimum atomic E-state index is -0.772. The van der Waals surface area contributed by atoms with Crippen LogP contribution in [-0.4, -0.2) is 16.7 Å². The van der Waals surface area contributed by atoms with Crippen molar-refractivity contribution in [1.29, 1.82) is 0 Å². The van der Waals surface area contributed by atoms with Gasteiger partial charge in [0.25, 0.3) is 0 Å². The van der Waals surface area contributed by atoms with Gasteiger partial charge in [0.15, 0.2) is 0 Å². The fraction of sp³-hybridized carbons (Fsp3) is 0.562. The molecule has 2 rings (SSSR count). The maximum Gasteiger partial charge on any atom is 0.309 e. The zero-order chi connectivity index (χ0) is 14.3. The van der Waals surface area contributed by atoms with Gasteiger partial charge in [0.2, 0.25) is 0 Å². The van der Waals surface area contributed by atoms with Crippen LogP contribution in [0.2, 0.25) is 0 Å². The molecule has 0 radical (unpaired) electrons. The Kier molecular flexibility index (Phi) is 3.33. The largest absolute Gasteiger partial charge is 0.488 e. The van der Waals surface area contributed by atoms with E-state index in [1.54, 1.807) is 13.8 Å². The number of carboxylic acids is 1. The molecule has 1 aromatic carbocycles. The van der Waals surface area contributed by atoms with E-state index in [1.165, 1.54) is 5.56 Å². The van der Waals surface area contributed by atoms with Gasteiger partial charge in [0, 0.05) is 0 Å². The number of carboxylic acid groups (broad SMARTS) is 1. The van der Waals surface area contributed by atoms with E-state index in [0.717, 1.165) is 24.2 Å². The fourth-order valence-electron chi connectivity index (χ4n) is 2.38. The number of aliphatic carboxylic acids is 1. The maximum atomic E-state index is 11.2. The van der Waals surface area contributed by atoms with Crippen molar-refractivity contribution in [1.82, 2.24) is 0 Å². The van der Waals surface area contributed by atoms with Gasteiger partial charge in [0.1, 0.15) is 11.4 Å². The summed E-state index contributed by atoms with van der Waals surface area (Å²) in [4.78, 5) is 11.2. The highest BCUT2D eigenvalue weighted by molar-refractivity contribution is 5.74. The second-order valence-corrected chi connectivity index (χ2v) is 6.67. The summed E-state index contributed by atoms with van der Waals surface area (Å²) >= 11 is 0. The van der Waals surface area contributed by atoms with E-state index in [-0.39, 0.29) is 5.60 Å². The van der Waals surface area contributed by atoms with Crippen molar-refractivity contribution in [3.8, 4) is 5.75 Å². The van der Waals surface area contributed by atoms with Gasteiger partial charge in [0.05, 0.1) is 5.41 Å². The Hall–Kier alpha value is -1.51. The standard InChI is InChI=1S/C16H22O3/c1-15(2,14(17)18)10-11-5-6-12-7-8-16(3,4)19-13(12)9-11/h5-6,9H,7-8,10H2,1-4H3,(H,17,18). The Balaban J connectivity index is 2.24. The van der Waals surface area contributed by atoms with Gasteiger partial charge < -0.3 is 9.84 Å². The third-order valence-electron chi connectivity index (χ3n) is 3.74.